The predicted octanol–water partition coefficient (Wildman–Crippen LogP) is 9.35. The Morgan fingerprint density at radius 3 is 1.67 bits per heavy atom. The Kier molecular flexibility index (Phi) is 9.76. The summed E-state index contributed by atoms with van der Waals surface area (Å²) in [5, 5.41) is 4.53. The second-order valence-corrected chi connectivity index (χ2v) is 14.1. The van der Waals surface area contributed by atoms with Crippen LogP contribution in [0.3, 0.4) is 0 Å². The van der Waals surface area contributed by atoms with Gasteiger partial charge in [-0.3, -0.25) is 4.79 Å². The zero-order valence-electron chi connectivity index (χ0n) is 27.5. The summed E-state index contributed by atoms with van der Waals surface area (Å²) in [6, 6.07) is 48.8. The van der Waals surface area contributed by atoms with E-state index in [-0.39, 0.29) is 16.8 Å². The van der Waals surface area contributed by atoms with Crippen LogP contribution in [0.25, 0.3) is 21.5 Å². The highest BCUT2D eigenvalue weighted by molar-refractivity contribution is 9.09. The molecular formula is C43H39BrN2O3. The lowest BCUT2D eigenvalue weighted by Gasteiger charge is -2.52. The highest BCUT2D eigenvalue weighted by atomic mass is 79.9. The third-order valence-electron chi connectivity index (χ3n) is 9.53. The minimum Gasteiger partial charge on any atom is -0.458 e. The molecule has 6 aromatic carbocycles. The third-order valence-corrected chi connectivity index (χ3v) is 10.4. The van der Waals surface area contributed by atoms with Gasteiger partial charge in [-0.05, 0) is 68.8 Å². The smallest absolute Gasteiger partial charge is 0.321 e. The van der Waals surface area contributed by atoms with Crippen LogP contribution < -0.4 is 0 Å². The number of benzene rings is 6. The molecule has 0 saturated carbocycles. The molecule has 2 amide bonds. The van der Waals surface area contributed by atoms with E-state index in [0.29, 0.717) is 25.9 Å². The van der Waals surface area contributed by atoms with E-state index in [1.54, 1.807) is 0 Å². The largest absolute Gasteiger partial charge is 0.458 e. The number of rotatable bonds is 10. The quantitative estimate of drug-likeness (QED) is 0.105. The molecule has 1 aliphatic rings. The minimum atomic E-state index is -0.607. The lowest BCUT2D eigenvalue weighted by molar-refractivity contribution is -0.157. The van der Waals surface area contributed by atoms with E-state index < -0.39 is 18.2 Å². The maximum atomic E-state index is 15.2. The molecule has 4 atom stereocenters. The van der Waals surface area contributed by atoms with Crippen molar-refractivity contribution in [1.82, 2.24) is 9.80 Å². The summed E-state index contributed by atoms with van der Waals surface area (Å²) in [6.07, 6.45) is 0.598. The molecule has 49 heavy (non-hydrogen) atoms. The molecule has 1 fully saturated rings. The average molecular weight is 712 g/mol. The standard InChI is InChI=1S/C43H39BrN2O3/c1-30(47)49-42-40(27-32-14-6-3-7-15-32)45(28-33-20-22-35-16-8-10-18-37(35)24-33)43(48)46(41(42)39(44)26-31-12-4-2-5-13-31)29-34-21-23-36-17-9-11-19-38(36)25-34/h2-25,39-42H,26-29H2,1H3/t39-,40+,41+,42-/m0/s1. The number of hydrogen-bond donors (Lipinski definition) is 0. The first-order valence-corrected chi connectivity index (χ1v) is 17.8. The number of fused-ring (bicyclic) bond motifs is 2. The Morgan fingerprint density at radius 2 is 1.12 bits per heavy atom. The van der Waals surface area contributed by atoms with Gasteiger partial charge in [0.15, 0.2) is 0 Å². The second-order valence-electron chi connectivity index (χ2n) is 12.9. The van der Waals surface area contributed by atoms with Crippen molar-refractivity contribution in [2.75, 3.05) is 0 Å². The van der Waals surface area contributed by atoms with Gasteiger partial charge >= 0.3 is 12.0 Å². The van der Waals surface area contributed by atoms with Gasteiger partial charge in [0, 0.05) is 24.8 Å². The Balaban J connectivity index is 1.34. The maximum absolute atomic E-state index is 15.2. The molecular weight excluding hydrogens is 672 g/mol. The Bertz CT molecular complexity index is 2070. The van der Waals surface area contributed by atoms with Gasteiger partial charge in [-0.2, -0.15) is 0 Å². The van der Waals surface area contributed by atoms with Crippen LogP contribution in [0.4, 0.5) is 4.79 Å². The number of esters is 1. The predicted molar refractivity (Wildman–Crippen MR) is 201 cm³/mol. The average Bonchev–Trinajstić information content (AvgIpc) is 3.12. The lowest BCUT2D eigenvalue weighted by atomic mass is 9.87. The number of amides is 2. The Hall–Kier alpha value is -4.94. The molecule has 246 valence electrons. The fourth-order valence-electron chi connectivity index (χ4n) is 7.23. The number of carbonyl (C=O) groups excluding carboxylic acids is 2. The summed E-state index contributed by atoms with van der Waals surface area (Å²) in [4.78, 5) is 31.8. The van der Waals surface area contributed by atoms with Crippen molar-refractivity contribution in [2.24, 2.45) is 0 Å². The Morgan fingerprint density at radius 1 is 0.633 bits per heavy atom. The van der Waals surface area contributed by atoms with Crippen molar-refractivity contribution in [3.8, 4) is 0 Å². The molecule has 1 saturated heterocycles. The summed E-state index contributed by atoms with van der Waals surface area (Å²) in [5.74, 6) is -0.363. The fourth-order valence-corrected chi connectivity index (χ4v) is 8.19. The third kappa shape index (κ3) is 7.40. The fraction of sp³-hybridized carbons (Fsp3) is 0.209. The molecule has 0 unspecified atom stereocenters. The molecule has 5 nitrogen and oxygen atoms in total. The normalized spacial score (nSPS) is 18.5. The summed E-state index contributed by atoms with van der Waals surface area (Å²) >= 11 is 4.05. The summed E-state index contributed by atoms with van der Waals surface area (Å²) < 4.78 is 6.37. The van der Waals surface area contributed by atoms with Crippen LogP contribution in [0.5, 0.6) is 0 Å². The monoisotopic (exact) mass is 710 g/mol. The lowest BCUT2D eigenvalue weighted by Crippen LogP contribution is -2.69. The van der Waals surface area contributed by atoms with Crippen LogP contribution in [0, 0.1) is 0 Å². The minimum absolute atomic E-state index is 0.0758. The van der Waals surface area contributed by atoms with Crippen molar-refractivity contribution >= 4 is 49.5 Å². The summed E-state index contributed by atoms with van der Waals surface area (Å²) in [7, 11) is 0. The molecule has 0 aliphatic carbocycles. The van der Waals surface area contributed by atoms with Gasteiger partial charge < -0.3 is 14.5 Å². The zero-order valence-corrected chi connectivity index (χ0v) is 29.1. The highest BCUT2D eigenvalue weighted by Crippen LogP contribution is 2.36. The number of carbonyl (C=O) groups is 2. The molecule has 1 aliphatic heterocycles. The number of nitrogens with zero attached hydrogens (tertiary/aromatic N) is 2. The van der Waals surface area contributed by atoms with Gasteiger partial charge in [-0.15, -0.1) is 0 Å². The number of alkyl halides is 1. The molecule has 6 heteroatoms. The summed E-state index contributed by atoms with van der Waals surface area (Å²) in [5.41, 5.74) is 4.26. The van der Waals surface area contributed by atoms with Gasteiger partial charge in [0.25, 0.3) is 0 Å². The van der Waals surface area contributed by atoms with E-state index in [1.807, 2.05) is 70.5 Å². The molecule has 6 aromatic rings. The molecule has 0 bridgehead atoms. The molecule has 7 rings (SSSR count). The van der Waals surface area contributed by atoms with Crippen LogP contribution in [0.2, 0.25) is 0 Å². The second kappa shape index (κ2) is 14.7. The van der Waals surface area contributed by atoms with Crippen LogP contribution in [-0.2, 0) is 35.5 Å². The SMILES string of the molecule is CC(=O)O[C@@H]1[C@@H]([C@@H](Br)Cc2ccccc2)N(Cc2ccc3ccccc3c2)C(=O)N(Cc2ccc3ccccc3c2)[C@@H]1Cc1ccccc1. The maximum Gasteiger partial charge on any atom is 0.321 e. The van der Waals surface area contributed by atoms with Crippen molar-refractivity contribution in [3.05, 3.63) is 168 Å². The molecule has 0 radical (unpaired) electrons. The number of hydrogen-bond acceptors (Lipinski definition) is 3. The first kappa shape index (κ1) is 32.6. The van der Waals surface area contributed by atoms with Gasteiger partial charge in [0.2, 0.25) is 0 Å². The van der Waals surface area contributed by atoms with Gasteiger partial charge in [0.05, 0.1) is 12.1 Å². The summed E-state index contributed by atoms with van der Waals surface area (Å²) in [6.45, 7) is 2.22. The van der Waals surface area contributed by atoms with Crippen LogP contribution >= 0.6 is 15.9 Å². The van der Waals surface area contributed by atoms with Crippen LogP contribution in [-0.4, -0.2) is 44.8 Å². The van der Waals surface area contributed by atoms with E-state index in [4.69, 9.17) is 4.74 Å². The van der Waals surface area contributed by atoms with Crippen molar-refractivity contribution < 1.29 is 14.3 Å². The van der Waals surface area contributed by atoms with Crippen molar-refractivity contribution in [3.63, 3.8) is 0 Å². The van der Waals surface area contributed by atoms with E-state index in [0.717, 1.165) is 43.8 Å². The van der Waals surface area contributed by atoms with Crippen LogP contribution in [0.1, 0.15) is 29.2 Å². The van der Waals surface area contributed by atoms with Gasteiger partial charge in [0.1, 0.15) is 6.10 Å². The van der Waals surface area contributed by atoms with E-state index in [1.165, 1.54) is 6.92 Å². The molecule has 0 spiro atoms. The Labute approximate surface area is 296 Å². The first-order valence-electron chi connectivity index (χ1n) is 16.8. The topological polar surface area (TPSA) is 49.9 Å². The van der Waals surface area contributed by atoms with Gasteiger partial charge in [-0.25, -0.2) is 4.79 Å². The van der Waals surface area contributed by atoms with Crippen molar-refractivity contribution in [2.45, 2.75) is 55.9 Å². The molecule has 1 heterocycles. The van der Waals surface area contributed by atoms with E-state index in [9.17, 15) is 4.79 Å². The number of urea groups is 1. The van der Waals surface area contributed by atoms with Crippen molar-refractivity contribution in [1.29, 1.82) is 0 Å². The van der Waals surface area contributed by atoms with Crippen LogP contribution in [0.15, 0.2) is 146 Å². The number of ether oxygens (including phenoxy) is 1. The molecule has 0 aromatic heterocycles. The number of halogens is 1. The van der Waals surface area contributed by atoms with E-state index in [2.05, 4.69) is 101 Å². The molecule has 0 N–H and O–H groups in total. The van der Waals surface area contributed by atoms with Gasteiger partial charge in [-0.1, -0.05) is 149 Å². The first-order chi connectivity index (χ1) is 23.9. The highest BCUT2D eigenvalue weighted by Gasteiger charge is 2.50. The van der Waals surface area contributed by atoms with E-state index >= 15 is 4.79 Å². The zero-order chi connectivity index (χ0) is 33.7.